The highest BCUT2D eigenvalue weighted by molar-refractivity contribution is 6.32. The summed E-state index contributed by atoms with van der Waals surface area (Å²) in [5.41, 5.74) is 14.6. The second-order valence-electron chi connectivity index (χ2n) is 24.7. The largest absolute Gasteiger partial charge is 0.481 e. The van der Waals surface area contributed by atoms with Crippen LogP contribution in [0.15, 0.2) is 145 Å². The number of carbonyl (C=O) groups is 6. The topological polar surface area (TPSA) is 247 Å². The lowest BCUT2D eigenvalue weighted by Gasteiger charge is -2.19. The standard InChI is InChI=1S/C15H18ClFO2.C11H10ClFO2.C10H8ClFN3O.2C10H8ClFO2.C9H9ClFN.C9H6ClFO2/c1-15(2,3)19-13(18)8-9-7-11(9)10-5-4-6-12(16)14(10)17;1-15-11(14)8-5-7(8)6-3-2-4-9(12)10(6)13;11-8-3-1-2-5(9(8)12)6-4-7(6)10(16)14-15-13;11-8-3-1-2-5(9(8)12)6-4-7(6)10(13)14;1-14-9(13)6-5-7-3-2-4-8(11)10(7)12;10-7-3-1-2-5(9(7)11)6-4-8(6)12;10-7-3-1-2-6(9(7)11)4-5-8(12)13/h4-6,9,11H,7-8H2,1-3H3;2-4,7-8H,5H2,1H3;1-3,6-7,13H,4H2;1-3,6-7H,4H2,(H,13,14);2-6H,1H3;1-3,6,8H,4,12H2;1-5H,(H,12,13)/q;;+1;;;;/b;;;;6-5+;;5-4+. The monoisotopic (exact) mass is 1570 g/mol. The van der Waals surface area contributed by atoms with Gasteiger partial charge in [-0.2, -0.15) is 0 Å². The summed E-state index contributed by atoms with van der Waals surface area (Å²) in [7, 11) is 2.59. The highest BCUT2D eigenvalue weighted by atomic mass is 35.5. The zero-order valence-corrected chi connectivity index (χ0v) is 60.6. The third kappa shape index (κ3) is 25.0. The Balaban J connectivity index is 0.000000190. The van der Waals surface area contributed by atoms with Crippen molar-refractivity contribution in [1.29, 1.82) is 5.53 Å². The molecular weight excluding hydrogens is 1500 g/mol. The Labute approximate surface area is 623 Å². The van der Waals surface area contributed by atoms with Crippen molar-refractivity contribution in [1.82, 2.24) is 4.91 Å². The molecule has 0 spiro atoms. The zero-order chi connectivity index (χ0) is 76.3. The molecule has 5 saturated carbocycles. The van der Waals surface area contributed by atoms with Gasteiger partial charge in [0.25, 0.3) is 0 Å². The molecule has 7 aromatic rings. The molecule has 7 aromatic carbocycles. The van der Waals surface area contributed by atoms with E-state index in [0.717, 1.165) is 31.1 Å². The minimum absolute atomic E-state index is 0.0208. The molecule has 5 fully saturated rings. The van der Waals surface area contributed by atoms with Gasteiger partial charge in [0.05, 0.1) is 67.1 Å². The Kier molecular flexibility index (Phi) is 31.4. The number of nitrogens with one attached hydrogen (secondary N) is 1. The van der Waals surface area contributed by atoms with Gasteiger partial charge >= 0.3 is 35.8 Å². The van der Waals surface area contributed by atoms with Crippen LogP contribution >= 0.6 is 81.2 Å². The molecule has 0 aromatic heterocycles. The highest BCUT2D eigenvalue weighted by Gasteiger charge is 2.49. The van der Waals surface area contributed by atoms with Crippen LogP contribution in [0.4, 0.5) is 30.7 Å². The molecule has 12 rings (SSSR count). The van der Waals surface area contributed by atoms with Gasteiger partial charge in [-0.3, -0.25) is 19.2 Å². The number of halogens is 14. The first-order valence-corrected chi connectivity index (χ1v) is 33.9. The first kappa shape index (κ1) is 83.8. The number of esters is 3. The molecule has 29 heteroatoms. The van der Waals surface area contributed by atoms with E-state index in [1.165, 1.54) is 68.8 Å². The molecule has 5 aliphatic rings. The Morgan fingerprint density at radius 3 is 1.18 bits per heavy atom. The maximum absolute atomic E-state index is 13.8. The van der Waals surface area contributed by atoms with Crippen LogP contribution in [0.2, 0.25) is 35.2 Å². The first-order valence-electron chi connectivity index (χ1n) is 31.3. The van der Waals surface area contributed by atoms with E-state index in [1.54, 1.807) is 78.9 Å². The second-order valence-corrected chi connectivity index (χ2v) is 27.5. The first-order chi connectivity index (χ1) is 48.6. The number of carboxylic acid groups (broad SMARTS) is 2. The molecule has 5 aliphatic carbocycles. The number of hydrogen-bond acceptors (Lipinski definition) is 11. The lowest BCUT2D eigenvalue weighted by molar-refractivity contribution is -0.155. The maximum atomic E-state index is 13.8. The molecule has 0 radical (unpaired) electrons. The number of aliphatic carboxylic acids is 2. The van der Waals surface area contributed by atoms with Crippen molar-refractivity contribution in [3.8, 4) is 0 Å². The number of carbonyl (C=O) groups excluding carboxylic acids is 4. The van der Waals surface area contributed by atoms with Gasteiger partial charge in [-0.25, -0.2) is 40.3 Å². The second kappa shape index (κ2) is 38.6. The summed E-state index contributed by atoms with van der Waals surface area (Å²) in [5, 5.41) is 20.6. The number of nitrogens with two attached hydrogens (primary N) is 1. The quantitative estimate of drug-likeness (QED) is 0.0198. The van der Waals surface area contributed by atoms with Crippen molar-refractivity contribution in [2.45, 2.75) is 101 Å². The Hall–Kier alpha value is -8.15. The molecule has 546 valence electrons. The van der Waals surface area contributed by atoms with Crippen molar-refractivity contribution < 1.29 is 83.9 Å². The van der Waals surface area contributed by atoms with Gasteiger partial charge in [0, 0.05) is 53.5 Å². The summed E-state index contributed by atoms with van der Waals surface area (Å²) in [6.45, 7) is 5.52. The molecule has 0 heterocycles. The van der Waals surface area contributed by atoms with Gasteiger partial charge in [0.1, 0.15) is 51.9 Å². The predicted molar refractivity (Wildman–Crippen MR) is 379 cm³/mol. The molecular formula is C74H67Cl7F7N4O11+. The van der Waals surface area contributed by atoms with E-state index in [4.69, 9.17) is 107 Å². The van der Waals surface area contributed by atoms with Gasteiger partial charge in [-0.05, 0) is 153 Å². The van der Waals surface area contributed by atoms with E-state index in [-0.39, 0.29) is 123 Å². The van der Waals surface area contributed by atoms with Crippen molar-refractivity contribution in [3.05, 3.63) is 254 Å². The van der Waals surface area contributed by atoms with Crippen molar-refractivity contribution in [2.75, 3.05) is 14.2 Å². The molecule has 15 nitrogen and oxygen atoms in total. The molecule has 10 unspecified atom stereocenters. The van der Waals surface area contributed by atoms with Gasteiger partial charge in [0.2, 0.25) is 4.91 Å². The van der Waals surface area contributed by atoms with Crippen molar-refractivity contribution >= 4 is 129 Å². The summed E-state index contributed by atoms with van der Waals surface area (Å²) in [4.78, 5) is 68.2. The molecule has 0 aliphatic heterocycles. The van der Waals surface area contributed by atoms with Gasteiger partial charge in [-0.15, -0.1) is 0 Å². The smallest absolute Gasteiger partial charge is 0.333 e. The van der Waals surface area contributed by atoms with Crippen molar-refractivity contribution in [2.24, 2.45) is 34.5 Å². The van der Waals surface area contributed by atoms with E-state index in [0.29, 0.717) is 53.5 Å². The van der Waals surface area contributed by atoms with E-state index in [9.17, 15) is 59.5 Å². The fourth-order valence-electron chi connectivity index (χ4n) is 10.4. The minimum Gasteiger partial charge on any atom is -0.481 e. The van der Waals surface area contributed by atoms with Gasteiger partial charge in [-0.1, -0.05) is 166 Å². The molecule has 0 bridgehead atoms. The van der Waals surface area contributed by atoms with Crippen LogP contribution < -0.4 is 10.6 Å². The number of methoxy groups -OCH3 is 2. The number of carboxylic acids is 2. The number of hydrogen-bond donors (Lipinski definition) is 4. The lowest BCUT2D eigenvalue weighted by atomic mass is 10.1. The average Bonchev–Trinajstić information content (AvgIpc) is 1.65. The molecule has 5 N–H and O–H groups in total. The van der Waals surface area contributed by atoms with Crippen LogP contribution in [0.5, 0.6) is 0 Å². The van der Waals surface area contributed by atoms with E-state index >= 15 is 0 Å². The number of ether oxygens (including phenoxy) is 3. The van der Waals surface area contributed by atoms with Crippen LogP contribution in [0.25, 0.3) is 12.2 Å². The molecule has 10 atom stereocenters. The molecule has 0 saturated heterocycles. The predicted octanol–water partition coefficient (Wildman–Crippen LogP) is 19.9. The average molecular weight is 1570 g/mol. The fourth-order valence-corrected chi connectivity index (χ4v) is 11.7. The zero-order valence-electron chi connectivity index (χ0n) is 55.3. The van der Waals surface area contributed by atoms with Gasteiger partial charge in [0.15, 0.2) is 5.11 Å². The summed E-state index contributed by atoms with van der Waals surface area (Å²) in [5.74, 6) is -7.73. The SMILES string of the molecule is CC(C)(C)OC(=O)CC1CC1c1cccc(Cl)c1F.COC(=O)/C=C/c1cccc(Cl)c1F.COC(=O)C1CC1c1cccc(Cl)c1F.N=[N+]=NC(=O)C1CC1c1cccc(Cl)c1F.NC1CC1c1cccc(Cl)c1F.O=C(O)/C=C/c1cccc(Cl)c1F.O=C(O)C1CC1c1cccc(Cl)c1F. The van der Waals surface area contributed by atoms with Crippen LogP contribution in [-0.4, -0.2) is 71.8 Å². The Morgan fingerprint density at radius 2 is 0.835 bits per heavy atom. The molecule has 103 heavy (non-hydrogen) atoms. The normalized spacial score (nSPS) is 20.3. The number of nitrogens with zero attached hydrogens (tertiary/aromatic N) is 2. The molecule has 1 amide bonds. The third-order valence-corrected chi connectivity index (χ3v) is 18.2. The van der Waals surface area contributed by atoms with E-state index < -0.39 is 64.4 Å². The van der Waals surface area contributed by atoms with E-state index in [2.05, 4.69) is 19.5 Å². The number of benzene rings is 7. The van der Waals surface area contributed by atoms with Crippen molar-refractivity contribution in [3.63, 3.8) is 0 Å². The Bertz CT molecular complexity index is 4370. The summed E-state index contributed by atoms with van der Waals surface area (Å²) < 4.78 is 108. The van der Waals surface area contributed by atoms with Crippen LogP contribution in [0.3, 0.4) is 0 Å². The third-order valence-electron chi connectivity index (χ3n) is 16.1. The summed E-state index contributed by atoms with van der Waals surface area (Å²) >= 11 is 39.3. The van der Waals surface area contributed by atoms with Crippen LogP contribution in [0.1, 0.15) is 128 Å². The fraction of sp³-hybridized carbons (Fsp3) is 0.297. The van der Waals surface area contributed by atoms with Gasteiger partial charge < -0.3 is 30.2 Å². The van der Waals surface area contributed by atoms with Crippen LogP contribution in [0, 0.1) is 69.9 Å². The number of rotatable bonds is 14. The highest BCUT2D eigenvalue weighted by Crippen LogP contribution is 2.53. The Morgan fingerprint density at radius 1 is 0.495 bits per heavy atom. The minimum atomic E-state index is -1.13. The lowest BCUT2D eigenvalue weighted by Crippen LogP contribution is -2.24. The van der Waals surface area contributed by atoms with Crippen LogP contribution in [-0.2, 0) is 43.0 Å². The number of amides is 1. The summed E-state index contributed by atoms with van der Waals surface area (Å²) in [6, 6.07) is 33.4. The summed E-state index contributed by atoms with van der Waals surface area (Å²) in [6.07, 6.45) is 8.17. The maximum Gasteiger partial charge on any atom is 0.333 e. The van der Waals surface area contributed by atoms with E-state index in [1.807, 2.05) is 20.8 Å².